The molecule has 90 valence electrons. The third-order valence-corrected chi connectivity index (χ3v) is 4.89. The molecule has 2 atom stereocenters. The van der Waals surface area contributed by atoms with Crippen LogP contribution in [0.15, 0.2) is 12.1 Å². The first kappa shape index (κ1) is 12.4. The van der Waals surface area contributed by atoms with Crippen molar-refractivity contribution in [3.8, 4) is 0 Å². The van der Waals surface area contributed by atoms with Crippen molar-refractivity contribution in [2.45, 2.75) is 52.1 Å². The molecule has 0 saturated heterocycles. The number of rotatable bonds is 3. The molecule has 0 spiro atoms. The summed E-state index contributed by atoms with van der Waals surface area (Å²) in [6.45, 7) is 6.95. The maximum absolute atomic E-state index is 5.96. The molecular weight excluding hydrogens is 238 g/mol. The van der Waals surface area contributed by atoms with Gasteiger partial charge in [0.1, 0.15) is 0 Å². The summed E-state index contributed by atoms with van der Waals surface area (Å²) >= 11 is 7.64. The van der Waals surface area contributed by atoms with Crippen LogP contribution in [0, 0.1) is 5.41 Å². The Labute approximate surface area is 107 Å². The first-order chi connectivity index (χ1) is 7.46. The van der Waals surface area contributed by atoms with Crippen molar-refractivity contribution in [3.05, 3.63) is 21.3 Å². The molecule has 0 aromatic carbocycles. The van der Waals surface area contributed by atoms with Crippen molar-refractivity contribution >= 4 is 22.9 Å². The molecule has 0 radical (unpaired) electrons. The highest BCUT2D eigenvalue weighted by Gasteiger charge is 2.31. The van der Waals surface area contributed by atoms with Crippen LogP contribution in [-0.2, 0) is 0 Å². The van der Waals surface area contributed by atoms with Crippen LogP contribution in [0.4, 0.5) is 0 Å². The Morgan fingerprint density at radius 3 is 2.75 bits per heavy atom. The molecule has 1 nitrogen and oxygen atoms in total. The molecule has 2 unspecified atom stereocenters. The van der Waals surface area contributed by atoms with E-state index in [2.05, 4.69) is 32.2 Å². The molecule has 1 N–H and O–H groups in total. The molecule has 1 aromatic heterocycles. The van der Waals surface area contributed by atoms with Crippen molar-refractivity contribution in [2.24, 2.45) is 5.41 Å². The van der Waals surface area contributed by atoms with Gasteiger partial charge in [-0.05, 0) is 43.7 Å². The zero-order valence-corrected chi connectivity index (χ0v) is 11.8. The molecule has 0 bridgehead atoms. The summed E-state index contributed by atoms with van der Waals surface area (Å²) in [4.78, 5) is 1.34. The van der Waals surface area contributed by atoms with Gasteiger partial charge in [0.05, 0.1) is 4.34 Å². The van der Waals surface area contributed by atoms with E-state index in [1.807, 2.05) is 6.07 Å². The van der Waals surface area contributed by atoms with E-state index in [0.29, 0.717) is 17.5 Å². The van der Waals surface area contributed by atoms with E-state index in [1.54, 1.807) is 11.3 Å². The first-order valence-electron chi connectivity index (χ1n) is 5.97. The average Bonchev–Trinajstić information content (AvgIpc) is 2.73. The maximum Gasteiger partial charge on any atom is 0.0931 e. The molecule has 1 saturated carbocycles. The molecule has 1 aromatic rings. The Morgan fingerprint density at radius 1 is 1.50 bits per heavy atom. The third kappa shape index (κ3) is 2.99. The largest absolute Gasteiger partial charge is 0.307 e. The van der Waals surface area contributed by atoms with Crippen LogP contribution < -0.4 is 5.32 Å². The minimum absolute atomic E-state index is 0.427. The van der Waals surface area contributed by atoms with Gasteiger partial charge in [-0.15, -0.1) is 11.3 Å². The first-order valence-corrected chi connectivity index (χ1v) is 7.17. The number of hydrogen-bond acceptors (Lipinski definition) is 2. The van der Waals surface area contributed by atoms with Gasteiger partial charge in [0.15, 0.2) is 0 Å². The second kappa shape index (κ2) is 4.67. The van der Waals surface area contributed by atoms with Gasteiger partial charge in [0, 0.05) is 17.0 Å². The number of nitrogens with one attached hydrogen (secondary N) is 1. The quantitative estimate of drug-likeness (QED) is 0.833. The van der Waals surface area contributed by atoms with Crippen LogP contribution in [0.5, 0.6) is 0 Å². The predicted molar refractivity (Wildman–Crippen MR) is 72.3 cm³/mol. The summed E-state index contributed by atoms with van der Waals surface area (Å²) in [7, 11) is 0. The van der Waals surface area contributed by atoms with Crippen LogP contribution >= 0.6 is 22.9 Å². The van der Waals surface area contributed by atoms with Gasteiger partial charge in [0.25, 0.3) is 0 Å². The van der Waals surface area contributed by atoms with E-state index in [0.717, 1.165) is 4.34 Å². The van der Waals surface area contributed by atoms with Gasteiger partial charge in [-0.1, -0.05) is 25.4 Å². The fourth-order valence-corrected chi connectivity index (χ4v) is 3.65. The van der Waals surface area contributed by atoms with Crippen molar-refractivity contribution in [1.82, 2.24) is 5.32 Å². The zero-order chi connectivity index (χ0) is 11.8. The lowest BCUT2D eigenvalue weighted by Gasteiger charge is -2.21. The maximum atomic E-state index is 5.96. The Kier molecular flexibility index (Phi) is 3.62. The summed E-state index contributed by atoms with van der Waals surface area (Å²) < 4.78 is 0.885. The van der Waals surface area contributed by atoms with E-state index in [9.17, 15) is 0 Å². The van der Waals surface area contributed by atoms with E-state index >= 15 is 0 Å². The molecule has 16 heavy (non-hydrogen) atoms. The summed E-state index contributed by atoms with van der Waals surface area (Å²) in [5, 5.41) is 3.72. The number of halogens is 1. The molecule has 0 aliphatic heterocycles. The van der Waals surface area contributed by atoms with Crippen LogP contribution in [0.3, 0.4) is 0 Å². The Bertz CT molecular complexity index is 359. The zero-order valence-electron chi connectivity index (χ0n) is 10.2. The monoisotopic (exact) mass is 257 g/mol. The van der Waals surface area contributed by atoms with Crippen molar-refractivity contribution in [1.29, 1.82) is 0 Å². The molecule has 1 aliphatic rings. The minimum Gasteiger partial charge on any atom is -0.307 e. The van der Waals surface area contributed by atoms with Gasteiger partial charge in [0.2, 0.25) is 0 Å². The van der Waals surface area contributed by atoms with Gasteiger partial charge >= 0.3 is 0 Å². The van der Waals surface area contributed by atoms with E-state index in [4.69, 9.17) is 11.6 Å². The van der Waals surface area contributed by atoms with Crippen molar-refractivity contribution in [2.75, 3.05) is 0 Å². The average molecular weight is 258 g/mol. The smallest absolute Gasteiger partial charge is 0.0931 e. The minimum atomic E-state index is 0.427. The van der Waals surface area contributed by atoms with Crippen molar-refractivity contribution < 1.29 is 0 Å². The summed E-state index contributed by atoms with van der Waals surface area (Å²) in [6.07, 6.45) is 3.93. The highest BCUT2D eigenvalue weighted by molar-refractivity contribution is 7.16. The summed E-state index contributed by atoms with van der Waals surface area (Å²) in [6, 6.07) is 5.21. The van der Waals surface area contributed by atoms with Gasteiger partial charge < -0.3 is 5.32 Å². The van der Waals surface area contributed by atoms with Crippen LogP contribution in [0.1, 0.15) is 51.0 Å². The second-order valence-electron chi connectivity index (χ2n) is 5.63. The lowest BCUT2D eigenvalue weighted by Crippen LogP contribution is -2.29. The number of thiophene rings is 1. The Balaban J connectivity index is 1.91. The summed E-state index contributed by atoms with van der Waals surface area (Å²) in [5.74, 6) is 0. The molecule has 2 rings (SSSR count). The Morgan fingerprint density at radius 2 is 2.25 bits per heavy atom. The fourth-order valence-electron chi connectivity index (χ4n) is 2.58. The van der Waals surface area contributed by atoms with Gasteiger partial charge in [-0.2, -0.15) is 0 Å². The molecular formula is C13H20ClNS. The standard InChI is InChI=1S/C13H20ClNS/c1-9(11-4-5-12(14)16-11)15-10-6-7-13(2,3)8-10/h4-5,9-10,15H,6-8H2,1-3H3. The molecule has 0 amide bonds. The highest BCUT2D eigenvalue weighted by atomic mass is 35.5. The summed E-state index contributed by atoms with van der Waals surface area (Å²) in [5.41, 5.74) is 0.518. The van der Waals surface area contributed by atoms with Crippen LogP contribution in [0.25, 0.3) is 0 Å². The second-order valence-corrected chi connectivity index (χ2v) is 7.38. The SMILES string of the molecule is CC(NC1CCC(C)(C)C1)c1ccc(Cl)s1. The lowest BCUT2D eigenvalue weighted by molar-refractivity contribution is 0.357. The third-order valence-electron chi connectivity index (χ3n) is 3.48. The van der Waals surface area contributed by atoms with E-state index in [-0.39, 0.29) is 0 Å². The molecule has 1 fully saturated rings. The molecule has 3 heteroatoms. The highest BCUT2D eigenvalue weighted by Crippen LogP contribution is 2.38. The fraction of sp³-hybridized carbons (Fsp3) is 0.692. The lowest BCUT2D eigenvalue weighted by atomic mass is 9.92. The van der Waals surface area contributed by atoms with Gasteiger partial charge in [-0.25, -0.2) is 0 Å². The van der Waals surface area contributed by atoms with Gasteiger partial charge in [-0.3, -0.25) is 0 Å². The Hall–Kier alpha value is -0.0500. The normalized spacial score (nSPS) is 25.9. The van der Waals surface area contributed by atoms with Crippen LogP contribution in [-0.4, -0.2) is 6.04 Å². The van der Waals surface area contributed by atoms with E-state index in [1.165, 1.54) is 24.1 Å². The topological polar surface area (TPSA) is 12.0 Å². The number of hydrogen-bond donors (Lipinski definition) is 1. The predicted octanol–water partition coefficient (Wildman–Crippen LogP) is 4.63. The molecule has 1 heterocycles. The van der Waals surface area contributed by atoms with E-state index < -0.39 is 0 Å². The van der Waals surface area contributed by atoms with Crippen molar-refractivity contribution in [3.63, 3.8) is 0 Å². The van der Waals surface area contributed by atoms with Crippen LogP contribution in [0.2, 0.25) is 4.34 Å². The molecule has 1 aliphatic carbocycles.